The molecule has 1 saturated heterocycles. The highest BCUT2D eigenvalue weighted by atomic mass is 16.5. The summed E-state index contributed by atoms with van der Waals surface area (Å²) in [6.45, 7) is 4.97. The number of carbonyl (C=O) groups is 1. The fraction of sp³-hybridized carbons (Fsp3) is 0.533. The molecule has 1 fully saturated rings. The zero-order valence-electron chi connectivity index (χ0n) is 11.0. The number of morpholine rings is 1. The van der Waals surface area contributed by atoms with E-state index < -0.39 is 0 Å². The minimum atomic E-state index is 0.210. The van der Waals surface area contributed by atoms with Crippen molar-refractivity contribution >= 4 is 5.91 Å². The van der Waals surface area contributed by atoms with E-state index >= 15 is 0 Å². The highest BCUT2D eigenvalue weighted by Crippen LogP contribution is 2.09. The third kappa shape index (κ3) is 3.57. The average molecular weight is 247 g/mol. The van der Waals surface area contributed by atoms with Crippen LogP contribution in [0, 0.1) is 0 Å². The Labute approximate surface area is 109 Å². The van der Waals surface area contributed by atoms with E-state index in [4.69, 9.17) is 4.74 Å². The van der Waals surface area contributed by atoms with Crippen molar-refractivity contribution in [3.05, 3.63) is 35.4 Å². The lowest BCUT2D eigenvalue weighted by Gasteiger charge is -2.26. The fourth-order valence-electron chi connectivity index (χ4n) is 2.21. The maximum Gasteiger partial charge on any atom is 0.227 e. The Morgan fingerprint density at radius 3 is 2.39 bits per heavy atom. The van der Waals surface area contributed by atoms with Crippen LogP contribution < -0.4 is 0 Å². The van der Waals surface area contributed by atoms with Gasteiger partial charge >= 0.3 is 0 Å². The van der Waals surface area contributed by atoms with Crippen molar-refractivity contribution in [2.45, 2.75) is 26.2 Å². The first-order chi connectivity index (χ1) is 8.79. The normalized spacial score (nSPS) is 15.7. The molecule has 0 saturated carbocycles. The molecule has 2 rings (SSSR count). The van der Waals surface area contributed by atoms with Crippen molar-refractivity contribution in [2.24, 2.45) is 0 Å². The van der Waals surface area contributed by atoms with Crippen LogP contribution in [0.5, 0.6) is 0 Å². The molecule has 0 N–H and O–H groups in total. The largest absolute Gasteiger partial charge is 0.378 e. The molecule has 3 nitrogen and oxygen atoms in total. The molecule has 98 valence electrons. The van der Waals surface area contributed by atoms with Crippen LogP contribution in [-0.4, -0.2) is 37.1 Å². The molecule has 0 atom stereocenters. The van der Waals surface area contributed by atoms with Gasteiger partial charge in [-0.1, -0.05) is 37.6 Å². The first-order valence-electron chi connectivity index (χ1n) is 6.73. The summed E-state index contributed by atoms with van der Waals surface area (Å²) < 4.78 is 5.25. The number of amides is 1. The van der Waals surface area contributed by atoms with E-state index in [2.05, 4.69) is 31.2 Å². The fourth-order valence-corrected chi connectivity index (χ4v) is 2.21. The van der Waals surface area contributed by atoms with Crippen LogP contribution in [-0.2, 0) is 22.4 Å². The molecule has 1 heterocycles. The Morgan fingerprint density at radius 1 is 1.17 bits per heavy atom. The lowest BCUT2D eigenvalue weighted by atomic mass is 10.1. The Bertz CT molecular complexity index is 380. The molecule has 3 heteroatoms. The Balaban J connectivity index is 1.89. The number of nitrogens with zero attached hydrogens (tertiary/aromatic N) is 1. The molecule has 0 unspecified atom stereocenters. The molecule has 0 radical (unpaired) electrons. The molecule has 1 aliphatic rings. The van der Waals surface area contributed by atoms with E-state index in [-0.39, 0.29) is 5.91 Å². The molecule has 0 spiro atoms. The lowest BCUT2D eigenvalue weighted by molar-refractivity contribution is -0.134. The van der Waals surface area contributed by atoms with Gasteiger partial charge in [-0.25, -0.2) is 0 Å². The predicted octanol–water partition coefficient (Wildman–Crippen LogP) is 2.04. The van der Waals surface area contributed by atoms with Gasteiger partial charge in [-0.15, -0.1) is 0 Å². The SMILES string of the molecule is CCCc1ccc(CC(=O)N2CCOCC2)cc1. The van der Waals surface area contributed by atoms with Crippen LogP contribution in [0.4, 0.5) is 0 Å². The van der Waals surface area contributed by atoms with Crippen molar-refractivity contribution in [1.29, 1.82) is 0 Å². The van der Waals surface area contributed by atoms with Gasteiger partial charge in [0, 0.05) is 13.1 Å². The second-order valence-corrected chi connectivity index (χ2v) is 4.74. The Kier molecular flexibility index (Phi) is 4.76. The topological polar surface area (TPSA) is 29.5 Å². The van der Waals surface area contributed by atoms with Crippen molar-refractivity contribution < 1.29 is 9.53 Å². The van der Waals surface area contributed by atoms with Crippen LogP contribution in [0.2, 0.25) is 0 Å². The van der Waals surface area contributed by atoms with Crippen LogP contribution in [0.3, 0.4) is 0 Å². The number of aryl methyl sites for hydroxylation is 1. The molecule has 18 heavy (non-hydrogen) atoms. The molecule has 0 aliphatic carbocycles. The van der Waals surface area contributed by atoms with E-state index in [0.717, 1.165) is 31.5 Å². The number of hydrogen-bond donors (Lipinski definition) is 0. The van der Waals surface area contributed by atoms with Crippen LogP contribution >= 0.6 is 0 Å². The lowest BCUT2D eigenvalue weighted by Crippen LogP contribution is -2.41. The van der Waals surface area contributed by atoms with Gasteiger partial charge < -0.3 is 9.64 Å². The summed E-state index contributed by atoms with van der Waals surface area (Å²) in [5.41, 5.74) is 2.45. The zero-order chi connectivity index (χ0) is 12.8. The maximum absolute atomic E-state index is 12.0. The highest BCUT2D eigenvalue weighted by Gasteiger charge is 2.16. The summed E-state index contributed by atoms with van der Waals surface area (Å²) in [6, 6.07) is 8.41. The van der Waals surface area contributed by atoms with Crippen molar-refractivity contribution in [3.63, 3.8) is 0 Å². The summed E-state index contributed by atoms with van der Waals surface area (Å²) in [4.78, 5) is 13.9. The van der Waals surface area contributed by atoms with Crippen LogP contribution in [0.1, 0.15) is 24.5 Å². The van der Waals surface area contributed by atoms with E-state index in [1.54, 1.807) is 0 Å². The van der Waals surface area contributed by atoms with E-state index in [1.165, 1.54) is 5.56 Å². The molecule has 0 aromatic heterocycles. The third-order valence-corrected chi connectivity index (χ3v) is 3.28. The van der Waals surface area contributed by atoms with Gasteiger partial charge in [0.2, 0.25) is 5.91 Å². The first-order valence-corrected chi connectivity index (χ1v) is 6.73. The summed E-state index contributed by atoms with van der Waals surface area (Å²) >= 11 is 0. The van der Waals surface area contributed by atoms with Crippen molar-refractivity contribution in [2.75, 3.05) is 26.3 Å². The van der Waals surface area contributed by atoms with Gasteiger partial charge in [0.15, 0.2) is 0 Å². The zero-order valence-corrected chi connectivity index (χ0v) is 11.0. The molecule has 1 aliphatic heterocycles. The molecule has 1 aromatic carbocycles. The Hall–Kier alpha value is -1.35. The first kappa shape index (κ1) is 13.1. The summed E-state index contributed by atoms with van der Waals surface area (Å²) in [7, 11) is 0. The monoisotopic (exact) mass is 247 g/mol. The number of ether oxygens (including phenoxy) is 1. The van der Waals surface area contributed by atoms with Gasteiger partial charge in [0.1, 0.15) is 0 Å². The second kappa shape index (κ2) is 6.55. The number of carbonyl (C=O) groups excluding carboxylic acids is 1. The molecule has 1 amide bonds. The second-order valence-electron chi connectivity index (χ2n) is 4.74. The summed E-state index contributed by atoms with van der Waals surface area (Å²) in [6.07, 6.45) is 2.77. The van der Waals surface area contributed by atoms with Gasteiger partial charge in [0.25, 0.3) is 0 Å². The summed E-state index contributed by atoms with van der Waals surface area (Å²) in [5, 5.41) is 0. The van der Waals surface area contributed by atoms with Gasteiger partial charge in [-0.3, -0.25) is 4.79 Å². The van der Waals surface area contributed by atoms with Crippen LogP contribution in [0.25, 0.3) is 0 Å². The predicted molar refractivity (Wildman–Crippen MR) is 71.5 cm³/mol. The van der Waals surface area contributed by atoms with E-state index in [9.17, 15) is 4.79 Å². The highest BCUT2D eigenvalue weighted by molar-refractivity contribution is 5.78. The quantitative estimate of drug-likeness (QED) is 0.815. The smallest absolute Gasteiger partial charge is 0.227 e. The Morgan fingerprint density at radius 2 is 1.78 bits per heavy atom. The third-order valence-electron chi connectivity index (χ3n) is 3.28. The average Bonchev–Trinajstić information content (AvgIpc) is 2.42. The van der Waals surface area contributed by atoms with Crippen LogP contribution in [0.15, 0.2) is 24.3 Å². The minimum Gasteiger partial charge on any atom is -0.378 e. The maximum atomic E-state index is 12.0. The number of benzene rings is 1. The molecule has 1 aromatic rings. The number of hydrogen-bond acceptors (Lipinski definition) is 2. The van der Waals surface area contributed by atoms with Gasteiger partial charge in [-0.2, -0.15) is 0 Å². The van der Waals surface area contributed by atoms with Crippen molar-refractivity contribution in [3.8, 4) is 0 Å². The van der Waals surface area contributed by atoms with Crippen molar-refractivity contribution in [1.82, 2.24) is 4.90 Å². The number of rotatable bonds is 4. The van der Waals surface area contributed by atoms with E-state index in [0.29, 0.717) is 19.6 Å². The molecular weight excluding hydrogens is 226 g/mol. The molecular formula is C15H21NO2. The minimum absolute atomic E-state index is 0.210. The van der Waals surface area contributed by atoms with Gasteiger partial charge in [-0.05, 0) is 17.5 Å². The molecule has 0 bridgehead atoms. The summed E-state index contributed by atoms with van der Waals surface area (Å²) in [5.74, 6) is 0.210. The standard InChI is InChI=1S/C15H21NO2/c1-2-3-13-4-6-14(7-5-13)12-15(17)16-8-10-18-11-9-16/h4-7H,2-3,8-12H2,1H3. The van der Waals surface area contributed by atoms with Gasteiger partial charge in [0.05, 0.1) is 19.6 Å². The van der Waals surface area contributed by atoms with E-state index in [1.807, 2.05) is 4.90 Å².